The molecular weight excluding hydrogens is 591 g/mol. The lowest BCUT2D eigenvalue weighted by Gasteiger charge is -2.08. The van der Waals surface area contributed by atoms with E-state index in [9.17, 15) is 27.6 Å². The molecule has 4 rings (SSSR count). The van der Waals surface area contributed by atoms with Crippen molar-refractivity contribution in [2.75, 3.05) is 30.0 Å². The van der Waals surface area contributed by atoms with Crippen LogP contribution in [0.5, 0.6) is 0 Å². The Hall–Kier alpha value is -3.62. The fourth-order valence-electron chi connectivity index (χ4n) is 4.46. The molecule has 0 saturated carbocycles. The Morgan fingerprint density at radius 2 is 1.80 bits per heavy atom. The third kappa shape index (κ3) is 7.00. The average molecular weight is 620 g/mol. The van der Waals surface area contributed by atoms with Crippen LogP contribution in [0.4, 0.5) is 5.00 Å². The summed E-state index contributed by atoms with van der Waals surface area (Å²) in [7, 11) is -4.19. The Morgan fingerprint density at radius 3 is 2.51 bits per heavy atom. The van der Waals surface area contributed by atoms with Crippen LogP contribution in [-0.4, -0.2) is 61.5 Å². The van der Waals surface area contributed by atoms with E-state index in [1.807, 2.05) is 0 Å². The number of nitrogens with zero attached hydrogens (tertiary/aromatic N) is 2. The minimum absolute atomic E-state index is 0.163. The van der Waals surface area contributed by atoms with Crippen LogP contribution in [0.2, 0.25) is 0 Å². The smallest absolute Gasteiger partial charge is 0.341 e. The SMILES string of the molecule is C=CCn1c(=NC(=O)CS(=O)(=O)CC(=O)Nc2sc3c(c2C(=O)OCC)CCC3)sc2cc(C(=O)OCC)ccc21. The van der Waals surface area contributed by atoms with E-state index in [1.165, 1.54) is 11.3 Å². The number of aryl methyl sites for hydroxylation is 1. The number of allylic oxidation sites excluding steroid dienone is 1. The minimum atomic E-state index is -4.19. The van der Waals surface area contributed by atoms with E-state index in [2.05, 4.69) is 16.9 Å². The quantitative estimate of drug-likeness (QED) is 0.254. The number of hydrogen-bond donors (Lipinski definition) is 1. The highest BCUT2D eigenvalue weighted by Crippen LogP contribution is 2.39. The van der Waals surface area contributed by atoms with Gasteiger partial charge in [-0.2, -0.15) is 4.99 Å². The first-order valence-corrected chi connectivity index (χ1v) is 16.3. The standard InChI is InChI=1S/C27H29N3O8S3/c1-4-12-30-18-11-10-16(25(33)37-5-2)13-20(18)40-27(30)29-22(32)15-41(35,36)14-21(31)28-24-23(26(34)38-6-3)17-8-7-9-19(17)39-24/h4,10-11,13H,1,5-9,12,14-15H2,2-3H3,(H,28,31). The van der Waals surface area contributed by atoms with Gasteiger partial charge >= 0.3 is 11.9 Å². The molecule has 0 fully saturated rings. The van der Waals surface area contributed by atoms with E-state index >= 15 is 0 Å². The molecule has 0 unspecified atom stereocenters. The first-order valence-electron chi connectivity index (χ1n) is 12.9. The molecule has 3 aromatic rings. The van der Waals surface area contributed by atoms with Gasteiger partial charge in [0.1, 0.15) is 16.5 Å². The summed E-state index contributed by atoms with van der Waals surface area (Å²) in [5.74, 6) is -4.81. The number of hydrogen-bond acceptors (Lipinski definition) is 10. The van der Waals surface area contributed by atoms with Gasteiger partial charge in [-0.3, -0.25) is 9.59 Å². The normalized spacial score (nSPS) is 13.2. The molecule has 2 aromatic heterocycles. The number of nitrogens with one attached hydrogen (secondary N) is 1. The zero-order chi connectivity index (χ0) is 29.7. The number of benzene rings is 1. The van der Waals surface area contributed by atoms with E-state index in [4.69, 9.17) is 9.47 Å². The van der Waals surface area contributed by atoms with Gasteiger partial charge in [0.25, 0.3) is 5.91 Å². The summed E-state index contributed by atoms with van der Waals surface area (Å²) in [6.45, 7) is 7.77. The predicted octanol–water partition coefficient (Wildman–Crippen LogP) is 3.27. The van der Waals surface area contributed by atoms with Gasteiger partial charge in [0.15, 0.2) is 14.6 Å². The molecular formula is C27H29N3O8S3. The van der Waals surface area contributed by atoms with Crippen LogP contribution in [0.3, 0.4) is 0 Å². The van der Waals surface area contributed by atoms with Crippen molar-refractivity contribution in [2.45, 2.75) is 39.7 Å². The average Bonchev–Trinajstić information content (AvgIpc) is 3.56. The molecule has 1 aliphatic carbocycles. The first-order chi connectivity index (χ1) is 19.6. The van der Waals surface area contributed by atoms with Crippen molar-refractivity contribution >= 4 is 71.5 Å². The van der Waals surface area contributed by atoms with Crippen molar-refractivity contribution in [1.29, 1.82) is 0 Å². The maximum atomic E-state index is 12.8. The molecule has 41 heavy (non-hydrogen) atoms. The summed E-state index contributed by atoms with van der Waals surface area (Å²) in [5.41, 5.74) is 2.10. The number of thiazole rings is 1. The largest absolute Gasteiger partial charge is 0.462 e. The summed E-state index contributed by atoms with van der Waals surface area (Å²) < 4.78 is 38.0. The van der Waals surface area contributed by atoms with Gasteiger partial charge in [0.05, 0.1) is 34.6 Å². The molecule has 0 saturated heterocycles. The summed E-state index contributed by atoms with van der Waals surface area (Å²) in [6, 6.07) is 4.90. The van der Waals surface area contributed by atoms with Crippen molar-refractivity contribution in [2.24, 2.45) is 4.99 Å². The molecule has 0 radical (unpaired) electrons. The molecule has 14 heteroatoms. The number of aromatic nitrogens is 1. The van der Waals surface area contributed by atoms with E-state index in [1.54, 1.807) is 42.7 Å². The van der Waals surface area contributed by atoms with Gasteiger partial charge in [0.2, 0.25) is 5.91 Å². The fraction of sp³-hybridized carbons (Fsp3) is 0.370. The van der Waals surface area contributed by atoms with Crippen molar-refractivity contribution < 1.29 is 37.1 Å². The molecule has 1 N–H and O–H groups in total. The first kappa shape index (κ1) is 30.3. The third-order valence-corrected chi connectivity index (χ3v) is 9.71. The molecule has 0 bridgehead atoms. The predicted molar refractivity (Wildman–Crippen MR) is 156 cm³/mol. The van der Waals surface area contributed by atoms with Crippen molar-refractivity contribution in [3.63, 3.8) is 0 Å². The molecule has 0 aliphatic heterocycles. The van der Waals surface area contributed by atoms with Crippen LogP contribution < -0.4 is 10.1 Å². The second-order valence-electron chi connectivity index (χ2n) is 9.05. The lowest BCUT2D eigenvalue weighted by Crippen LogP contribution is -2.28. The van der Waals surface area contributed by atoms with E-state index in [0.29, 0.717) is 22.2 Å². The topological polar surface area (TPSA) is 150 Å². The van der Waals surface area contributed by atoms with Crippen LogP contribution in [0.1, 0.15) is 51.4 Å². The second kappa shape index (κ2) is 12.9. The minimum Gasteiger partial charge on any atom is -0.462 e. The Morgan fingerprint density at radius 1 is 1.07 bits per heavy atom. The summed E-state index contributed by atoms with van der Waals surface area (Å²) >= 11 is 2.34. The van der Waals surface area contributed by atoms with Crippen LogP contribution >= 0.6 is 22.7 Å². The number of fused-ring (bicyclic) bond motifs is 2. The number of sulfone groups is 1. The van der Waals surface area contributed by atoms with E-state index in [-0.39, 0.29) is 35.1 Å². The lowest BCUT2D eigenvalue weighted by atomic mass is 10.1. The highest BCUT2D eigenvalue weighted by molar-refractivity contribution is 7.92. The number of thiophene rings is 1. The Kier molecular flexibility index (Phi) is 9.56. The molecule has 1 aromatic carbocycles. The van der Waals surface area contributed by atoms with Crippen molar-refractivity contribution in [3.05, 3.63) is 57.2 Å². The van der Waals surface area contributed by atoms with Gasteiger partial charge < -0.3 is 19.4 Å². The zero-order valence-corrected chi connectivity index (χ0v) is 25.0. The van der Waals surface area contributed by atoms with Gasteiger partial charge in [-0.05, 0) is 56.9 Å². The zero-order valence-electron chi connectivity index (χ0n) is 22.6. The maximum absolute atomic E-state index is 12.8. The third-order valence-electron chi connectivity index (χ3n) is 6.07. The van der Waals surface area contributed by atoms with Crippen LogP contribution in [0.25, 0.3) is 10.2 Å². The molecule has 11 nitrogen and oxygen atoms in total. The van der Waals surface area contributed by atoms with Gasteiger partial charge in [-0.15, -0.1) is 17.9 Å². The maximum Gasteiger partial charge on any atom is 0.341 e. The van der Waals surface area contributed by atoms with Crippen LogP contribution in [0, 0.1) is 0 Å². The van der Waals surface area contributed by atoms with Gasteiger partial charge in [0, 0.05) is 11.4 Å². The number of rotatable bonds is 11. The van der Waals surface area contributed by atoms with E-state index in [0.717, 1.165) is 34.6 Å². The number of anilines is 1. The Bertz CT molecular complexity index is 1710. The van der Waals surface area contributed by atoms with Crippen LogP contribution in [0.15, 0.2) is 35.8 Å². The summed E-state index contributed by atoms with van der Waals surface area (Å²) in [5, 5.41) is 2.78. The highest BCUT2D eigenvalue weighted by atomic mass is 32.2. The number of esters is 2. The van der Waals surface area contributed by atoms with Gasteiger partial charge in [-0.1, -0.05) is 17.4 Å². The summed E-state index contributed by atoms with van der Waals surface area (Å²) in [6.07, 6.45) is 3.93. The number of carbonyl (C=O) groups excluding carboxylic acids is 4. The number of ether oxygens (including phenoxy) is 2. The summed E-state index contributed by atoms with van der Waals surface area (Å²) in [4.78, 5) is 55.2. The highest BCUT2D eigenvalue weighted by Gasteiger charge is 2.29. The fourth-order valence-corrected chi connectivity index (χ4v) is 7.86. The Balaban J connectivity index is 1.51. The molecule has 1 aliphatic rings. The monoisotopic (exact) mass is 619 g/mol. The molecule has 0 spiro atoms. The van der Waals surface area contributed by atoms with Crippen molar-refractivity contribution in [3.8, 4) is 0 Å². The molecule has 2 amide bonds. The molecule has 0 atom stereocenters. The van der Waals surface area contributed by atoms with E-state index < -0.39 is 45.1 Å². The number of amides is 2. The second-order valence-corrected chi connectivity index (χ2v) is 13.2. The van der Waals surface area contributed by atoms with Gasteiger partial charge in [-0.25, -0.2) is 18.0 Å². The molecule has 2 heterocycles. The van der Waals surface area contributed by atoms with Crippen molar-refractivity contribution in [1.82, 2.24) is 4.57 Å². The lowest BCUT2D eigenvalue weighted by molar-refractivity contribution is -0.115. The Labute approximate surface area is 244 Å². The van der Waals surface area contributed by atoms with Crippen LogP contribution in [-0.2, 0) is 48.3 Å². The molecule has 218 valence electrons. The number of carbonyl (C=O) groups is 4.